The van der Waals surface area contributed by atoms with Crippen molar-refractivity contribution in [2.24, 2.45) is 0 Å². The minimum Gasteiger partial charge on any atom is -0.399 e. The van der Waals surface area contributed by atoms with Gasteiger partial charge in [-0.25, -0.2) is 4.98 Å². The highest BCUT2D eigenvalue weighted by Gasteiger charge is 2.04. The number of benzene rings is 1. The van der Waals surface area contributed by atoms with Crippen LogP contribution < -0.4 is 11.1 Å². The lowest BCUT2D eigenvalue weighted by Crippen LogP contribution is -2.11. The molecule has 2 rings (SSSR count). The number of nitrogen functional groups attached to an aromatic ring is 1. The van der Waals surface area contributed by atoms with Crippen LogP contribution in [0.5, 0.6) is 0 Å². The third-order valence-electron chi connectivity index (χ3n) is 2.71. The molecule has 1 aromatic heterocycles. The van der Waals surface area contributed by atoms with Crippen LogP contribution in [0.25, 0.3) is 0 Å². The van der Waals surface area contributed by atoms with E-state index in [2.05, 4.69) is 26.2 Å². The molecule has 1 amide bonds. The van der Waals surface area contributed by atoms with E-state index < -0.39 is 0 Å². The van der Waals surface area contributed by atoms with Gasteiger partial charge in [-0.2, -0.15) is 0 Å². The molecule has 4 nitrogen and oxygen atoms in total. The number of amides is 1. The van der Waals surface area contributed by atoms with E-state index in [1.165, 1.54) is 0 Å². The Kier molecular flexibility index (Phi) is 6.07. The zero-order valence-corrected chi connectivity index (χ0v) is 13.8. The number of aromatic nitrogens is 1. The van der Waals surface area contributed by atoms with Crippen LogP contribution in [0.15, 0.2) is 52.1 Å². The zero-order valence-electron chi connectivity index (χ0n) is 11.4. The molecule has 0 saturated carbocycles. The molecular formula is C15H16BrN3OS. The van der Waals surface area contributed by atoms with Gasteiger partial charge in [0.05, 0.1) is 0 Å². The van der Waals surface area contributed by atoms with Gasteiger partial charge >= 0.3 is 0 Å². The van der Waals surface area contributed by atoms with E-state index in [9.17, 15) is 4.79 Å². The van der Waals surface area contributed by atoms with Gasteiger partial charge in [0, 0.05) is 34.2 Å². The Bertz CT molecular complexity index is 604. The van der Waals surface area contributed by atoms with E-state index in [1.54, 1.807) is 42.2 Å². The Morgan fingerprint density at radius 2 is 2.05 bits per heavy atom. The van der Waals surface area contributed by atoms with Gasteiger partial charge < -0.3 is 11.1 Å². The second kappa shape index (κ2) is 8.05. The zero-order chi connectivity index (χ0) is 15.1. The number of halogens is 1. The number of hydrogen-bond donors (Lipinski definition) is 2. The van der Waals surface area contributed by atoms with Crippen LogP contribution in [0.1, 0.15) is 12.8 Å². The molecule has 6 heteroatoms. The molecule has 0 aliphatic heterocycles. The first kappa shape index (κ1) is 15.9. The lowest BCUT2D eigenvalue weighted by atomic mass is 10.2. The number of nitrogens with two attached hydrogens (primary N) is 1. The Balaban J connectivity index is 1.70. The number of rotatable bonds is 6. The minimum absolute atomic E-state index is 0.0143. The lowest BCUT2D eigenvalue weighted by molar-refractivity contribution is -0.116. The first-order chi connectivity index (χ1) is 10.1. The predicted molar refractivity (Wildman–Crippen MR) is 91.4 cm³/mol. The normalized spacial score (nSPS) is 10.3. The molecule has 1 heterocycles. The number of nitrogens with zero attached hydrogens (tertiary/aromatic N) is 1. The van der Waals surface area contributed by atoms with Gasteiger partial charge in [0.2, 0.25) is 5.91 Å². The van der Waals surface area contributed by atoms with Crippen molar-refractivity contribution < 1.29 is 4.79 Å². The summed E-state index contributed by atoms with van der Waals surface area (Å²) in [5.41, 5.74) is 7.06. The molecule has 3 N–H and O–H groups in total. The summed E-state index contributed by atoms with van der Waals surface area (Å²) in [5.74, 6) is 0.866. The smallest absolute Gasteiger partial charge is 0.224 e. The van der Waals surface area contributed by atoms with Crippen LogP contribution in [0, 0.1) is 0 Å². The first-order valence-electron chi connectivity index (χ1n) is 6.54. The van der Waals surface area contributed by atoms with Crippen molar-refractivity contribution in [1.82, 2.24) is 4.98 Å². The predicted octanol–water partition coefficient (Wildman–Crippen LogP) is 3.94. The summed E-state index contributed by atoms with van der Waals surface area (Å²) in [6.45, 7) is 0. The summed E-state index contributed by atoms with van der Waals surface area (Å²) < 4.78 is 0.987. The van der Waals surface area contributed by atoms with Gasteiger partial charge in [-0.15, -0.1) is 11.8 Å². The monoisotopic (exact) mass is 365 g/mol. The highest BCUT2D eigenvalue weighted by atomic mass is 79.9. The standard InChI is InChI=1S/C15H16BrN3OS/c16-13-3-1-9-18-15(13)21-10-2-4-14(20)19-12-7-5-11(17)6-8-12/h1,3,5-9H,2,4,10,17H2,(H,19,20). The second-order valence-electron chi connectivity index (χ2n) is 4.41. The van der Waals surface area contributed by atoms with Crippen molar-refractivity contribution in [3.05, 3.63) is 47.1 Å². The largest absolute Gasteiger partial charge is 0.399 e. The summed E-state index contributed by atoms with van der Waals surface area (Å²) in [5, 5.41) is 3.81. The molecule has 0 fully saturated rings. The van der Waals surface area contributed by atoms with E-state index in [-0.39, 0.29) is 5.91 Å². The van der Waals surface area contributed by atoms with Gasteiger partial charge in [0.25, 0.3) is 0 Å². The molecule has 0 bridgehead atoms. The fraction of sp³-hybridized carbons (Fsp3) is 0.200. The summed E-state index contributed by atoms with van der Waals surface area (Å²) in [4.78, 5) is 16.1. The van der Waals surface area contributed by atoms with E-state index in [4.69, 9.17) is 5.73 Å². The van der Waals surface area contributed by atoms with Crippen molar-refractivity contribution in [2.75, 3.05) is 16.8 Å². The third-order valence-corrected chi connectivity index (χ3v) is 4.70. The summed E-state index contributed by atoms with van der Waals surface area (Å²) in [7, 11) is 0. The average Bonchev–Trinajstić information content (AvgIpc) is 2.48. The highest BCUT2D eigenvalue weighted by Crippen LogP contribution is 2.25. The van der Waals surface area contributed by atoms with Crippen molar-refractivity contribution in [3.63, 3.8) is 0 Å². The van der Waals surface area contributed by atoms with Crippen molar-refractivity contribution in [3.8, 4) is 0 Å². The van der Waals surface area contributed by atoms with Crippen molar-refractivity contribution in [2.45, 2.75) is 17.9 Å². The lowest BCUT2D eigenvalue weighted by Gasteiger charge is -2.06. The molecular weight excluding hydrogens is 350 g/mol. The topological polar surface area (TPSA) is 68.0 Å². The van der Waals surface area contributed by atoms with Crippen LogP contribution in [0.4, 0.5) is 11.4 Å². The molecule has 0 atom stereocenters. The fourth-order valence-corrected chi connectivity index (χ4v) is 3.09. The molecule has 0 aliphatic rings. The Morgan fingerprint density at radius 3 is 2.76 bits per heavy atom. The first-order valence-corrected chi connectivity index (χ1v) is 8.32. The van der Waals surface area contributed by atoms with Crippen LogP contribution in [0.2, 0.25) is 0 Å². The number of thioether (sulfide) groups is 1. The number of anilines is 2. The van der Waals surface area contributed by atoms with E-state index in [0.29, 0.717) is 12.1 Å². The number of nitrogens with one attached hydrogen (secondary N) is 1. The molecule has 2 aromatic rings. The van der Waals surface area contributed by atoms with Gasteiger partial charge in [-0.3, -0.25) is 4.79 Å². The molecule has 1 aromatic carbocycles. The molecule has 0 radical (unpaired) electrons. The van der Waals surface area contributed by atoms with E-state index in [0.717, 1.165) is 27.4 Å². The molecule has 0 aliphatic carbocycles. The molecule has 0 spiro atoms. The summed E-state index contributed by atoms with van der Waals surface area (Å²) in [6, 6.07) is 11.0. The maximum atomic E-state index is 11.8. The highest BCUT2D eigenvalue weighted by molar-refractivity contribution is 9.10. The molecule has 0 saturated heterocycles. The van der Waals surface area contributed by atoms with Gasteiger partial charge in [0.15, 0.2) is 0 Å². The van der Waals surface area contributed by atoms with Crippen LogP contribution in [-0.4, -0.2) is 16.6 Å². The van der Waals surface area contributed by atoms with Crippen LogP contribution in [-0.2, 0) is 4.79 Å². The minimum atomic E-state index is 0.0143. The Morgan fingerprint density at radius 1 is 1.29 bits per heavy atom. The van der Waals surface area contributed by atoms with Gasteiger partial charge in [-0.1, -0.05) is 0 Å². The Hall–Kier alpha value is -1.53. The Labute approximate surface area is 136 Å². The van der Waals surface area contributed by atoms with Crippen LogP contribution >= 0.6 is 27.7 Å². The van der Waals surface area contributed by atoms with Gasteiger partial charge in [-0.05, 0) is 58.7 Å². The maximum absolute atomic E-state index is 11.8. The van der Waals surface area contributed by atoms with Crippen molar-refractivity contribution in [1.29, 1.82) is 0 Å². The SMILES string of the molecule is Nc1ccc(NC(=O)CCCSc2ncccc2Br)cc1. The van der Waals surface area contributed by atoms with E-state index in [1.807, 2.05) is 12.1 Å². The van der Waals surface area contributed by atoms with Crippen molar-refractivity contribution >= 4 is 45.0 Å². The van der Waals surface area contributed by atoms with E-state index >= 15 is 0 Å². The maximum Gasteiger partial charge on any atom is 0.224 e. The van der Waals surface area contributed by atoms with Gasteiger partial charge in [0.1, 0.15) is 5.03 Å². The van der Waals surface area contributed by atoms with Crippen LogP contribution in [0.3, 0.4) is 0 Å². The summed E-state index contributed by atoms with van der Waals surface area (Å²) in [6.07, 6.45) is 3.05. The third kappa shape index (κ3) is 5.40. The number of pyridine rings is 1. The fourth-order valence-electron chi connectivity index (χ4n) is 1.67. The average molecular weight is 366 g/mol. The summed E-state index contributed by atoms with van der Waals surface area (Å²) >= 11 is 5.10. The molecule has 110 valence electrons. The number of carbonyl (C=O) groups excluding carboxylic acids is 1. The molecule has 21 heavy (non-hydrogen) atoms. The molecule has 0 unspecified atom stereocenters. The number of carbonyl (C=O) groups is 1. The number of hydrogen-bond acceptors (Lipinski definition) is 4. The second-order valence-corrected chi connectivity index (χ2v) is 6.35. The quantitative estimate of drug-likeness (QED) is 0.462.